The van der Waals surface area contributed by atoms with E-state index in [0.717, 1.165) is 5.56 Å². The molecule has 8 heteroatoms. The smallest absolute Gasteiger partial charge is 0.336 e. The van der Waals surface area contributed by atoms with Gasteiger partial charge in [-0.3, -0.25) is 4.31 Å². The number of fused-ring (bicyclic) bond motifs is 1. The minimum absolute atomic E-state index is 0.0926. The summed E-state index contributed by atoms with van der Waals surface area (Å²) in [5, 5.41) is 0. The van der Waals surface area contributed by atoms with E-state index in [2.05, 4.69) is 0 Å². The highest BCUT2D eigenvalue weighted by Gasteiger charge is 2.32. The molecule has 2 aromatic rings. The van der Waals surface area contributed by atoms with Crippen molar-refractivity contribution < 1.29 is 27.4 Å². The minimum Gasteiger partial charge on any atom is -0.463 e. The van der Waals surface area contributed by atoms with Crippen LogP contribution in [0.3, 0.4) is 0 Å². The van der Waals surface area contributed by atoms with Gasteiger partial charge in [-0.15, -0.1) is 0 Å². The predicted octanol–water partition coefficient (Wildman–Crippen LogP) is 3.31. The number of thiol groups is 1. The second-order valence-corrected chi connectivity index (χ2v) is 7.30. The number of aryl methyl sites for hydroxylation is 1. The van der Waals surface area contributed by atoms with Crippen molar-refractivity contribution in [2.24, 2.45) is 0 Å². The summed E-state index contributed by atoms with van der Waals surface area (Å²) >= 11 is 0. The molecule has 0 saturated carbocycles. The van der Waals surface area contributed by atoms with Crippen molar-refractivity contribution in [2.45, 2.75) is 26.8 Å². The van der Waals surface area contributed by atoms with Crippen LogP contribution in [-0.2, 0) is 20.4 Å². The third-order valence-electron chi connectivity index (χ3n) is 4.55. The van der Waals surface area contributed by atoms with Crippen LogP contribution in [0.4, 0.5) is 5.69 Å². The van der Waals surface area contributed by atoms with Crippen LogP contribution in [0.15, 0.2) is 54.1 Å². The highest BCUT2D eigenvalue weighted by molar-refractivity contribution is 7.74. The number of esters is 1. The molecule has 0 aliphatic carbocycles. The van der Waals surface area contributed by atoms with Crippen molar-refractivity contribution in [1.82, 2.24) is 0 Å². The Balaban J connectivity index is 2.17. The average molecular weight is 417 g/mol. The molecule has 1 heterocycles. The van der Waals surface area contributed by atoms with Crippen LogP contribution < -0.4 is 13.8 Å². The minimum atomic E-state index is -3.08. The number of hydrogen-bond acceptors (Lipinski definition) is 6. The van der Waals surface area contributed by atoms with Gasteiger partial charge in [0.2, 0.25) is 17.7 Å². The number of carbonyl (C=O) groups is 1. The Kier molecular flexibility index (Phi) is 6.43. The Morgan fingerprint density at radius 2 is 1.86 bits per heavy atom. The fourth-order valence-corrected chi connectivity index (χ4v) is 3.94. The first-order chi connectivity index (χ1) is 14.0. The average Bonchev–Trinajstić information content (AvgIpc) is 3.17. The maximum Gasteiger partial charge on any atom is 0.336 e. The summed E-state index contributed by atoms with van der Waals surface area (Å²) in [6.45, 7) is 5.56. The number of carbonyl (C=O) groups excluding carboxylic acids is 1. The lowest BCUT2D eigenvalue weighted by Crippen LogP contribution is -2.32. The fraction of sp³-hybridized carbons (Fsp3) is 0.286. The molecule has 0 saturated heterocycles. The molecule has 0 spiro atoms. The zero-order chi connectivity index (χ0) is 21.0. The Morgan fingerprint density at radius 3 is 2.48 bits per heavy atom. The normalized spacial score (nSPS) is 14.0. The molecule has 0 fully saturated rings. The van der Waals surface area contributed by atoms with Crippen LogP contribution in [0.1, 0.15) is 31.0 Å². The summed E-state index contributed by atoms with van der Waals surface area (Å²) in [6, 6.07) is 11.2. The number of benzene rings is 2. The lowest BCUT2D eigenvalue weighted by atomic mass is 9.97. The van der Waals surface area contributed by atoms with Gasteiger partial charge in [-0.05, 0) is 50.6 Å². The molecular weight excluding hydrogens is 394 g/mol. The summed E-state index contributed by atoms with van der Waals surface area (Å²) in [7, 11) is -3.08. The topological polar surface area (TPSA) is 82.1 Å². The molecule has 2 aromatic carbocycles. The van der Waals surface area contributed by atoms with E-state index >= 15 is 0 Å². The van der Waals surface area contributed by atoms with E-state index in [1.165, 1.54) is 4.31 Å². The van der Waals surface area contributed by atoms with E-state index in [1.54, 1.807) is 50.3 Å². The lowest BCUT2D eigenvalue weighted by molar-refractivity contribution is -0.138. The van der Waals surface area contributed by atoms with E-state index in [9.17, 15) is 13.2 Å². The zero-order valence-electron chi connectivity index (χ0n) is 16.5. The van der Waals surface area contributed by atoms with Crippen molar-refractivity contribution in [3.8, 4) is 11.5 Å². The lowest BCUT2D eigenvalue weighted by Gasteiger charge is -2.30. The molecule has 0 amide bonds. The largest absolute Gasteiger partial charge is 0.463 e. The second kappa shape index (κ2) is 9.00. The number of nitrogens with zero attached hydrogens (tertiary/aromatic N) is 1. The number of ether oxygens (including phenoxy) is 3. The summed E-state index contributed by atoms with van der Waals surface area (Å²) in [6.07, 6.45) is 1.58. The van der Waals surface area contributed by atoms with Crippen molar-refractivity contribution >= 4 is 22.5 Å². The zero-order valence-corrected chi connectivity index (χ0v) is 17.3. The van der Waals surface area contributed by atoms with Crippen molar-refractivity contribution in [2.75, 3.05) is 17.7 Å². The maximum absolute atomic E-state index is 12.7. The van der Waals surface area contributed by atoms with Gasteiger partial charge in [-0.1, -0.05) is 29.8 Å². The summed E-state index contributed by atoms with van der Waals surface area (Å²) < 4.78 is 41.9. The molecule has 29 heavy (non-hydrogen) atoms. The molecule has 0 radical (unpaired) electrons. The van der Waals surface area contributed by atoms with Crippen molar-refractivity contribution in [1.29, 1.82) is 0 Å². The van der Waals surface area contributed by atoms with Crippen molar-refractivity contribution in [3.05, 3.63) is 65.2 Å². The summed E-state index contributed by atoms with van der Waals surface area (Å²) in [5.74, 6) is 0.488. The van der Waals surface area contributed by atoms with Gasteiger partial charge in [-0.25, -0.2) is 13.2 Å². The van der Waals surface area contributed by atoms with Gasteiger partial charge >= 0.3 is 5.97 Å². The number of rotatable bonds is 7. The fourth-order valence-electron chi connectivity index (χ4n) is 3.17. The molecule has 3 rings (SSSR count). The third kappa shape index (κ3) is 4.37. The van der Waals surface area contributed by atoms with Gasteiger partial charge in [-0.2, -0.15) is 0 Å². The first-order valence-electron chi connectivity index (χ1n) is 9.19. The molecule has 0 bridgehead atoms. The van der Waals surface area contributed by atoms with Crippen LogP contribution >= 0.6 is 0 Å². The highest BCUT2D eigenvalue weighted by atomic mass is 32.2. The highest BCUT2D eigenvalue weighted by Crippen LogP contribution is 2.39. The number of anilines is 1. The van der Waals surface area contributed by atoms with Gasteiger partial charge in [0, 0.05) is 0 Å². The van der Waals surface area contributed by atoms with E-state index in [4.69, 9.17) is 14.2 Å². The Morgan fingerprint density at radius 1 is 1.17 bits per heavy atom. The summed E-state index contributed by atoms with van der Waals surface area (Å²) in [5.41, 5.74) is 2.21. The Bertz CT molecular complexity index is 989. The van der Waals surface area contributed by atoms with E-state index in [0.29, 0.717) is 22.7 Å². The Hall–Kier alpha value is -3.00. The molecule has 1 aliphatic rings. The van der Waals surface area contributed by atoms with Gasteiger partial charge in [0.25, 0.3) is 0 Å². The number of hydrogen-bond donors (Lipinski definition) is 1. The molecule has 1 aliphatic heterocycles. The summed E-state index contributed by atoms with van der Waals surface area (Å²) in [4.78, 5) is 12.7. The molecule has 154 valence electrons. The van der Waals surface area contributed by atoms with E-state index < -0.39 is 22.9 Å². The molecule has 1 atom stereocenters. The van der Waals surface area contributed by atoms with Crippen LogP contribution in [0, 0.1) is 6.92 Å². The quantitative estimate of drug-likeness (QED) is 0.423. The van der Waals surface area contributed by atoms with Crippen LogP contribution in [0.25, 0.3) is 0 Å². The van der Waals surface area contributed by atoms with Gasteiger partial charge in [0.05, 0.1) is 17.9 Å². The van der Waals surface area contributed by atoms with Crippen LogP contribution in [-0.4, -0.2) is 27.8 Å². The molecule has 1 unspecified atom stereocenters. The first-order valence-corrected chi connectivity index (χ1v) is 10.3. The second-order valence-electron chi connectivity index (χ2n) is 6.40. The molecule has 7 nitrogen and oxygen atoms in total. The maximum atomic E-state index is 12.7. The SMILES string of the molecule is CC=C(C(=O)OCC)C(c1ccc2c(c1)OCO2)N(c1ccc(C)cc1)[SH](=O)=O. The standard InChI is InChI=1S/C21H23NO6S/c1-4-17(21(23)26-5-2)20(15-8-11-18-19(12-15)28-13-27-18)22(29(24)25)16-9-6-14(3)7-10-16/h4,6-12,20,29H,5,13H2,1-3H3. The number of allylic oxidation sites excluding steroid dienone is 1. The first kappa shape index (κ1) is 20.7. The van der Waals surface area contributed by atoms with Crippen LogP contribution in [0.2, 0.25) is 0 Å². The van der Waals surface area contributed by atoms with Gasteiger partial charge in [0.15, 0.2) is 11.5 Å². The predicted molar refractivity (Wildman–Crippen MR) is 110 cm³/mol. The Labute approximate surface area is 171 Å². The molecule has 0 aromatic heterocycles. The molecular formula is C21H23NO6S. The van der Waals surface area contributed by atoms with E-state index in [1.807, 2.05) is 19.1 Å². The third-order valence-corrected chi connectivity index (χ3v) is 5.36. The van der Waals surface area contributed by atoms with Gasteiger partial charge in [0.1, 0.15) is 6.04 Å². The van der Waals surface area contributed by atoms with E-state index in [-0.39, 0.29) is 19.0 Å². The van der Waals surface area contributed by atoms with Gasteiger partial charge < -0.3 is 14.2 Å². The monoisotopic (exact) mass is 417 g/mol. The van der Waals surface area contributed by atoms with Crippen LogP contribution in [0.5, 0.6) is 11.5 Å². The molecule has 0 N–H and O–H groups in total. The van der Waals surface area contributed by atoms with Crippen molar-refractivity contribution in [3.63, 3.8) is 0 Å².